The van der Waals surface area contributed by atoms with Gasteiger partial charge in [-0.2, -0.15) is 0 Å². The minimum atomic E-state index is -0.0566. The van der Waals surface area contributed by atoms with E-state index in [-0.39, 0.29) is 12.5 Å². The van der Waals surface area contributed by atoms with Gasteiger partial charge in [-0.05, 0) is 0 Å². The van der Waals surface area contributed by atoms with Crippen LogP contribution in [-0.4, -0.2) is 73.7 Å². The zero-order valence-electron chi connectivity index (χ0n) is 9.85. The molecule has 0 aliphatic carbocycles. The van der Waals surface area contributed by atoms with E-state index in [0.717, 1.165) is 39.3 Å². The minimum absolute atomic E-state index is 0.0566. The van der Waals surface area contributed by atoms with Crippen LogP contribution in [0.15, 0.2) is 12.2 Å². The quantitative estimate of drug-likeness (QED) is 0.585. The van der Waals surface area contributed by atoms with Crippen molar-refractivity contribution >= 4 is 5.91 Å². The molecule has 16 heavy (non-hydrogen) atoms. The van der Waals surface area contributed by atoms with Crippen LogP contribution in [0.4, 0.5) is 0 Å². The summed E-state index contributed by atoms with van der Waals surface area (Å²) < 4.78 is 0. The summed E-state index contributed by atoms with van der Waals surface area (Å²) in [6.07, 6.45) is 3.46. The maximum Gasteiger partial charge on any atom is 0.243 e. The van der Waals surface area contributed by atoms with Crippen LogP contribution in [-0.2, 0) is 4.79 Å². The van der Waals surface area contributed by atoms with Crippen LogP contribution >= 0.6 is 0 Å². The first-order valence-corrected chi connectivity index (χ1v) is 5.70. The molecule has 0 spiro atoms. The number of nitrogens with zero attached hydrogens (tertiary/aromatic N) is 2. The molecule has 1 fully saturated rings. The van der Waals surface area contributed by atoms with Gasteiger partial charge in [-0.25, -0.2) is 0 Å². The maximum atomic E-state index is 10.9. The van der Waals surface area contributed by atoms with E-state index in [1.807, 2.05) is 6.08 Å². The van der Waals surface area contributed by atoms with Gasteiger partial charge in [-0.1, -0.05) is 6.08 Å². The third-order valence-corrected chi connectivity index (χ3v) is 2.76. The van der Waals surface area contributed by atoms with Gasteiger partial charge in [0.05, 0.1) is 6.61 Å². The number of piperazine rings is 1. The van der Waals surface area contributed by atoms with E-state index in [9.17, 15) is 4.79 Å². The number of rotatable bonds is 5. The smallest absolute Gasteiger partial charge is 0.243 e. The van der Waals surface area contributed by atoms with Crippen molar-refractivity contribution in [3.8, 4) is 0 Å². The Labute approximate surface area is 96.7 Å². The molecule has 0 aromatic heterocycles. The molecule has 1 rings (SSSR count). The Hall–Kier alpha value is -0.910. The van der Waals surface area contributed by atoms with E-state index in [4.69, 9.17) is 5.11 Å². The molecule has 92 valence electrons. The molecule has 0 atom stereocenters. The van der Waals surface area contributed by atoms with Gasteiger partial charge in [0, 0.05) is 52.4 Å². The Kier molecular flexibility index (Phi) is 6.07. The molecule has 0 radical (unpaired) electrons. The van der Waals surface area contributed by atoms with Crippen molar-refractivity contribution in [3.63, 3.8) is 0 Å². The number of carbonyl (C=O) groups is 1. The number of hydrogen-bond donors (Lipinski definition) is 2. The van der Waals surface area contributed by atoms with Crippen molar-refractivity contribution in [2.24, 2.45) is 0 Å². The third-order valence-electron chi connectivity index (χ3n) is 2.76. The van der Waals surface area contributed by atoms with E-state index >= 15 is 0 Å². The molecule has 1 heterocycles. The average Bonchev–Trinajstić information content (AvgIpc) is 2.31. The molecule has 5 heteroatoms. The van der Waals surface area contributed by atoms with E-state index < -0.39 is 0 Å². The lowest BCUT2D eigenvalue weighted by Gasteiger charge is -2.33. The number of likely N-dealkylation sites (N-methyl/N-ethyl adjacent to an activating group) is 1. The molecule has 1 amide bonds. The van der Waals surface area contributed by atoms with E-state index in [0.29, 0.717) is 0 Å². The second-order valence-electron chi connectivity index (χ2n) is 3.88. The standard InChI is InChI=1S/C11H21N3O2/c1-12-11(16)3-2-4-13-5-7-14(8-6-13)9-10-15/h2-3,15H,4-10H2,1H3,(H,12,16)/b3-2+. The SMILES string of the molecule is CNC(=O)/C=C/CN1CCN(CCO)CC1. The van der Waals surface area contributed by atoms with Gasteiger partial charge in [0.1, 0.15) is 0 Å². The predicted octanol–water partition coefficient (Wildman–Crippen LogP) is -1.10. The largest absolute Gasteiger partial charge is 0.395 e. The molecular formula is C11H21N3O2. The highest BCUT2D eigenvalue weighted by Crippen LogP contribution is 2.00. The molecule has 0 bridgehead atoms. The van der Waals surface area contributed by atoms with Crippen LogP contribution < -0.4 is 5.32 Å². The molecule has 1 aliphatic rings. The predicted molar refractivity (Wildman–Crippen MR) is 63.2 cm³/mol. The van der Waals surface area contributed by atoms with Crippen LogP contribution in [0.5, 0.6) is 0 Å². The van der Waals surface area contributed by atoms with Crippen LogP contribution in [0, 0.1) is 0 Å². The van der Waals surface area contributed by atoms with Gasteiger partial charge in [0.2, 0.25) is 5.91 Å². The number of amides is 1. The summed E-state index contributed by atoms with van der Waals surface area (Å²) in [5.41, 5.74) is 0. The van der Waals surface area contributed by atoms with E-state index in [1.165, 1.54) is 0 Å². The van der Waals surface area contributed by atoms with Gasteiger partial charge >= 0.3 is 0 Å². The van der Waals surface area contributed by atoms with E-state index in [2.05, 4.69) is 15.1 Å². The lowest BCUT2D eigenvalue weighted by atomic mass is 10.3. The lowest BCUT2D eigenvalue weighted by Crippen LogP contribution is -2.47. The fourth-order valence-corrected chi connectivity index (χ4v) is 1.73. The Morgan fingerprint density at radius 3 is 2.50 bits per heavy atom. The fraction of sp³-hybridized carbons (Fsp3) is 0.727. The molecule has 0 aromatic carbocycles. The highest BCUT2D eigenvalue weighted by Gasteiger charge is 2.14. The van der Waals surface area contributed by atoms with Gasteiger partial charge < -0.3 is 10.4 Å². The minimum Gasteiger partial charge on any atom is -0.395 e. The van der Waals surface area contributed by atoms with Gasteiger partial charge in [-0.15, -0.1) is 0 Å². The van der Waals surface area contributed by atoms with Crippen molar-refractivity contribution in [3.05, 3.63) is 12.2 Å². The number of aliphatic hydroxyl groups is 1. The highest BCUT2D eigenvalue weighted by atomic mass is 16.3. The zero-order chi connectivity index (χ0) is 11.8. The van der Waals surface area contributed by atoms with Crippen molar-refractivity contribution in [1.82, 2.24) is 15.1 Å². The van der Waals surface area contributed by atoms with E-state index in [1.54, 1.807) is 13.1 Å². The Balaban J connectivity index is 2.17. The van der Waals surface area contributed by atoms with Crippen molar-refractivity contribution in [2.45, 2.75) is 0 Å². The maximum absolute atomic E-state index is 10.9. The molecular weight excluding hydrogens is 206 g/mol. The van der Waals surface area contributed by atoms with Crippen LogP contribution in [0.3, 0.4) is 0 Å². The molecule has 1 saturated heterocycles. The summed E-state index contributed by atoms with van der Waals surface area (Å²) in [5.74, 6) is -0.0566. The van der Waals surface area contributed by atoms with Crippen molar-refractivity contribution in [2.75, 3.05) is 52.9 Å². The Morgan fingerprint density at radius 1 is 1.31 bits per heavy atom. The first-order chi connectivity index (χ1) is 7.76. The summed E-state index contributed by atoms with van der Waals surface area (Å²) in [5, 5.41) is 11.3. The summed E-state index contributed by atoms with van der Waals surface area (Å²) in [4.78, 5) is 15.5. The Bertz CT molecular complexity index is 235. The summed E-state index contributed by atoms with van der Waals surface area (Å²) in [6, 6.07) is 0. The molecule has 0 aromatic rings. The second kappa shape index (κ2) is 7.38. The number of nitrogens with one attached hydrogen (secondary N) is 1. The number of hydrogen-bond acceptors (Lipinski definition) is 4. The van der Waals surface area contributed by atoms with Crippen molar-refractivity contribution < 1.29 is 9.90 Å². The van der Waals surface area contributed by atoms with Gasteiger partial charge in [-0.3, -0.25) is 14.6 Å². The van der Waals surface area contributed by atoms with Gasteiger partial charge in [0.25, 0.3) is 0 Å². The second-order valence-corrected chi connectivity index (χ2v) is 3.88. The summed E-state index contributed by atoms with van der Waals surface area (Å²) in [6.45, 7) is 5.80. The van der Waals surface area contributed by atoms with Crippen molar-refractivity contribution in [1.29, 1.82) is 0 Å². The number of β-amino-alcohol motifs (C(OH)–C–C–N with tert-alkyl or cyclic N) is 1. The van der Waals surface area contributed by atoms with Crippen LogP contribution in [0.25, 0.3) is 0 Å². The molecule has 2 N–H and O–H groups in total. The zero-order valence-corrected chi connectivity index (χ0v) is 9.85. The third kappa shape index (κ3) is 4.74. The monoisotopic (exact) mass is 227 g/mol. The summed E-state index contributed by atoms with van der Waals surface area (Å²) >= 11 is 0. The topological polar surface area (TPSA) is 55.8 Å². The number of carbonyl (C=O) groups excluding carboxylic acids is 1. The summed E-state index contributed by atoms with van der Waals surface area (Å²) in [7, 11) is 1.63. The average molecular weight is 227 g/mol. The van der Waals surface area contributed by atoms with Crippen LogP contribution in [0.1, 0.15) is 0 Å². The molecule has 5 nitrogen and oxygen atoms in total. The highest BCUT2D eigenvalue weighted by molar-refractivity contribution is 5.87. The molecule has 1 aliphatic heterocycles. The number of aliphatic hydroxyl groups excluding tert-OH is 1. The van der Waals surface area contributed by atoms with Crippen LogP contribution in [0.2, 0.25) is 0 Å². The normalized spacial score (nSPS) is 19.1. The lowest BCUT2D eigenvalue weighted by molar-refractivity contribution is -0.116. The first kappa shape index (κ1) is 13.2. The molecule has 0 unspecified atom stereocenters. The fourth-order valence-electron chi connectivity index (χ4n) is 1.73. The Morgan fingerprint density at radius 2 is 1.94 bits per heavy atom. The van der Waals surface area contributed by atoms with Gasteiger partial charge in [0.15, 0.2) is 0 Å². The first-order valence-electron chi connectivity index (χ1n) is 5.70. The molecule has 0 saturated carbocycles.